The summed E-state index contributed by atoms with van der Waals surface area (Å²) in [5.41, 5.74) is 0. The first kappa shape index (κ1) is 12.2. The fourth-order valence-electron chi connectivity index (χ4n) is 3.99. The third-order valence-corrected chi connectivity index (χ3v) is 4.85. The lowest BCUT2D eigenvalue weighted by Crippen LogP contribution is -2.26. The molecule has 0 radical (unpaired) electrons. The van der Waals surface area contributed by atoms with Gasteiger partial charge in [0.15, 0.2) is 0 Å². The maximum absolute atomic E-state index is 2.56. The molecule has 0 aromatic heterocycles. The van der Waals surface area contributed by atoms with Crippen LogP contribution in [0.4, 0.5) is 0 Å². The summed E-state index contributed by atoms with van der Waals surface area (Å²) in [6, 6.07) is 0. The van der Waals surface area contributed by atoms with Gasteiger partial charge in [-0.25, -0.2) is 0 Å². The van der Waals surface area contributed by atoms with Crippen molar-refractivity contribution in [1.82, 2.24) is 0 Å². The zero-order valence-corrected chi connectivity index (χ0v) is 11.3. The fraction of sp³-hybridized carbons (Fsp3) is 0.875. The molecule has 2 rings (SSSR count). The van der Waals surface area contributed by atoms with Gasteiger partial charge in [-0.2, -0.15) is 0 Å². The second-order valence-electron chi connectivity index (χ2n) is 6.47. The molecule has 0 N–H and O–H groups in total. The molecule has 0 aliphatic heterocycles. The van der Waals surface area contributed by atoms with Gasteiger partial charge in [0.25, 0.3) is 0 Å². The van der Waals surface area contributed by atoms with Gasteiger partial charge in [-0.05, 0) is 68.1 Å². The highest BCUT2D eigenvalue weighted by Gasteiger charge is 2.30. The molecular weight excluding hydrogens is 192 g/mol. The summed E-state index contributed by atoms with van der Waals surface area (Å²) >= 11 is 0. The van der Waals surface area contributed by atoms with Crippen molar-refractivity contribution in [2.75, 3.05) is 0 Å². The van der Waals surface area contributed by atoms with Crippen molar-refractivity contribution < 1.29 is 0 Å². The van der Waals surface area contributed by atoms with Gasteiger partial charge in [0.2, 0.25) is 0 Å². The molecule has 4 unspecified atom stereocenters. The Bertz CT molecular complexity index is 230. The highest BCUT2D eigenvalue weighted by Crippen LogP contribution is 2.41. The van der Waals surface area contributed by atoms with E-state index in [0.717, 1.165) is 29.6 Å². The van der Waals surface area contributed by atoms with Gasteiger partial charge < -0.3 is 0 Å². The Kier molecular flexibility index (Phi) is 4.10. The van der Waals surface area contributed by atoms with E-state index in [2.05, 4.69) is 32.9 Å². The van der Waals surface area contributed by atoms with Crippen LogP contribution in [-0.4, -0.2) is 0 Å². The topological polar surface area (TPSA) is 0 Å². The van der Waals surface area contributed by atoms with Gasteiger partial charge in [0.05, 0.1) is 0 Å². The molecule has 16 heavy (non-hydrogen) atoms. The Hall–Kier alpha value is -0.260. The molecule has 1 saturated carbocycles. The Morgan fingerprint density at radius 1 is 0.938 bits per heavy atom. The molecule has 0 nitrogen and oxygen atoms in total. The number of hydrogen-bond donors (Lipinski definition) is 0. The Morgan fingerprint density at radius 2 is 1.62 bits per heavy atom. The van der Waals surface area contributed by atoms with Crippen LogP contribution in [0.2, 0.25) is 0 Å². The van der Waals surface area contributed by atoms with E-state index in [1.807, 2.05) is 0 Å². The maximum Gasteiger partial charge on any atom is -0.0205 e. The molecule has 2 aliphatic rings. The second kappa shape index (κ2) is 5.38. The first-order chi connectivity index (χ1) is 7.69. The molecule has 2 aliphatic carbocycles. The van der Waals surface area contributed by atoms with E-state index in [1.165, 1.54) is 38.5 Å². The largest absolute Gasteiger partial charge is 0.0851 e. The van der Waals surface area contributed by atoms with Crippen LogP contribution in [-0.2, 0) is 0 Å². The Labute approximate surface area is 102 Å². The molecule has 4 atom stereocenters. The van der Waals surface area contributed by atoms with Crippen molar-refractivity contribution >= 4 is 0 Å². The summed E-state index contributed by atoms with van der Waals surface area (Å²) in [7, 11) is 0. The zero-order valence-electron chi connectivity index (χ0n) is 11.3. The van der Waals surface area contributed by atoms with Crippen molar-refractivity contribution in [2.45, 2.75) is 59.3 Å². The number of allylic oxidation sites excluding steroid dienone is 2. The van der Waals surface area contributed by atoms with E-state index < -0.39 is 0 Å². The van der Waals surface area contributed by atoms with Gasteiger partial charge >= 0.3 is 0 Å². The SMILES string of the molecule is CCC1C=CC(C2CC(C)CC(C)C2)CC1. The van der Waals surface area contributed by atoms with Crippen LogP contribution in [0.1, 0.15) is 59.3 Å². The number of hydrogen-bond acceptors (Lipinski definition) is 0. The second-order valence-corrected chi connectivity index (χ2v) is 6.47. The minimum atomic E-state index is 0.884. The smallest absolute Gasteiger partial charge is 0.0205 e. The summed E-state index contributed by atoms with van der Waals surface area (Å²) in [6.07, 6.45) is 13.7. The van der Waals surface area contributed by atoms with E-state index >= 15 is 0 Å². The van der Waals surface area contributed by atoms with Crippen LogP contribution in [0, 0.1) is 29.6 Å². The van der Waals surface area contributed by atoms with E-state index in [1.54, 1.807) is 0 Å². The third-order valence-electron chi connectivity index (χ3n) is 4.85. The van der Waals surface area contributed by atoms with Crippen LogP contribution in [0.25, 0.3) is 0 Å². The van der Waals surface area contributed by atoms with E-state index in [4.69, 9.17) is 0 Å². The predicted octanol–water partition coefficient (Wildman–Crippen LogP) is 5.05. The van der Waals surface area contributed by atoms with Gasteiger partial charge in [0.1, 0.15) is 0 Å². The molecule has 0 aromatic carbocycles. The molecular formula is C16H28. The lowest BCUT2D eigenvalue weighted by Gasteiger charge is -2.37. The molecule has 0 bridgehead atoms. The minimum absolute atomic E-state index is 0.884. The van der Waals surface area contributed by atoms with E-state index in [0.29, 0.717) is 0 Å². The minimum Gasteiger partial charge on any atom is -0.0851 e. The Balaban J connectivity index is 1.92. The average molecular weight is 220 g/mol. The standard InChI is InChI=1S/C16H28/c1-4-14-5-7-15(8-6-14)16-10-12(2)9-13(3)11-16/h5,7,12-16H,4,6,8-11H2,1-3H3. The predicted molar refractivity (Wildman–Crippen MR) is 71.3 cm³/mol. The van der Waals surface area contributed by atoms with E-state index in [-0.39, 0.29) is 0 Å². The molecule has 0 spiro atoms. The van der Waals surface area contributed by atoms with Crippen molar-refractivity contribution in [2.24, 2.45) is 29.6 Å². The summed E-state index contributed by atoms with van der Waals surface area (Å²) in [6.45, 7) is 7.22. The summed E-state index contributed by atoms with van der Waals surface area (Å²) in [5, 5.41) is 0. The molecule has 0 saturated heterocycles. The van der Waals surface area contributed by atoms with Gasteiger partial charge in [-0.3, -0.25) is 0 Å². The number of rotatable bonds is 2. The van der Waals surface area contributed by atoms with E-state index in [9.17, 15) is 0 Å². The quantitative estimate of drug-likeness (QED) is 0.571. The van der Waals surface area contributed by atoms with Crippen molar-refractivity contribution in [1.29, 1.82) is 0 Å². The highest BCUT2D eigenvalue weighted by molar-refractivity contribution is 5.00. The van der Waals surface area contributed by atoms with Gasteiger partial charge in [0, 0.05) is 0 Å². The molecule has 0 aromatic rings. The monoisotopic (exact) mass is 220 g/mol. The average Bonchev–Trinajstić information content (AvgIpc) is 2.28. The van der Waals surface area contributed by atoms with Crippen molar-refractivity contribution in [3.63, 3.8) is 0 Å². The normalized spacial score (nSPS) is 44.6. The van der Waals surface area contributed by atoms with Crippen molar-refractivity contribution in [3.05, 3.63) is 12.2 Å². The summed E-state index contributed by atoms with van der Waals surface area (Å²) in [5.74, 6) is 4.72. The Morgan fingerprint density at radius 3 is 2.12 bits per heavy atom. The first-order valence-electron chi connectivity index (χ1n) is 7.37. The van der Waals surface area contributed by atoms with Crippen molar-refractivity contribution in [3.8, 4) is 0 Å². The fourth-order valence-corrected chi connectivity index (χ4v) is 3.99. The van der Waals surface area contributed by atoms with Gasteiger partial charge in [-0.1, -0.05) is 32.9 Å². The summed E-state index contributed by atoms with van der Waals surface area (Å²) < 4.78 is 0. The van der Waals surface area contributed by atoms with Crippen LogP contribution in [0.5, 0.6) is 0 Å². The molecule has 0 heteroatoms. The highest BCUT2D eigenvalue weighted by atomic mass is 14.3. The third kappa shape index (κ3) is 2.90. The molecule has 0 amide bonds. The van der Waals surface area contributed by atoms with Gasteiger partial charge in [-0.15, -0.1) is 0 Å². The molecule has 1 fully saturated rings. The van der Waals surface area contributed by atoms with Crippen LogP contribution >= 0.6 is 0 Å². The first-order valence-corrected chi connectivity index (χ1v) is 7.37. The van der Waals surface area contributed by atoms with Crippen LogP contribution < -0.4 is 0 Å². The zero-order chi connectivity index (χ0) is 11.5. The van der Waals surface area contributed by atoms with Crippen LogP contribution in [0.15, 0.2) is 12.2 Å². The van der Waals surface area contributed by atoms with Crippen LogP contribution in [0.3, 0.4) is 0 Å². The lowest BCUT2D eigenvalue weighted by molar-refractivity contribution is 0.168. The lowest BCUT2D eigenvalue weighted by atomic mass is 9.68. The summed E-state index contributed by atoms with van der Waals surface area (Å²) in [4.78, 5) is 0. The molecule has 0 heterocycles. The maximum atomic E-state index is 2.56. The molecule has 92 valence electrons.